The maximum atomic E-state index is 15.2. The molecule has 2 N–H and O–H groups in total. The van der Waals surface area contributed by atoms with E-state index in [0.29, 0.717) is 30.1 Å². The van der Waals surface area contributed by atoms with Crippen LogP contribution in [-0.2, 0) is 22.7 Å². The number of pyridine rings is 1. The van der Waals surface area contributed by atoms with Crippen LogP contribution in [0.15, 0.2) is 42.6 Å². The van der Waals surface area contributed by atoms with E-state index in [1.54, 1.807) is 24.0 Å². The van der Waals surface area contributed by atoms with E-state index in [-0.39, 0.29) is 45.3 Å². The van der Waals surface area contributed by atoms with Gasteiger partial charge in [-0.25, -0.2) is 4.39 Å². The SMILES string of the molecule is CC(=O)N1CCn2c(ccc2C(=O)NC(C(=O)Nc2ccc(-c3c(Cl)cc[n+]([O-])c3C)c(F)c2)C2CCCCC2)C1. The van der Waals surface area contributed by atoms with Crippen LogP contribution in [0.4, 0.5) is 10.1 Å². The highest BCUT2D eigenvalue weighted by Gasteiger charge is 2.33. The second-order valence-corrected chi connectivity index (χ2v) is 11.2. The number of nitrogens with one attached hydrogen (secondary N) is 2. The molecule has 0 saturated heterocycles. The van der Waals surface area contributed by atoms with Crippen LogP contribution >= 0.6 is 11.6 Å². The molecule has 1 atom stereocenters. The molecule has 5 rings (SSSR count). The standard InChI is InChI=1S/C30H33ClFN5O4/c1-18-27(24(31)12-13-37(18)41)23-10-8-21(16-25(23)32)33-30(40)28(20-6-4-3-5-7-20)34-29(39)26-11-9-22-17-35(19(2)38)14-15-36(22)26/h8-13,16,20,28H,3-7,14-15,17H2,1-2H3,(H,33,40)(H,34,39). The van der Waals surface area contributed by atoms with Crippen LogP contribution in [-0.4, -0.2) is 39.8 Å². The van der Waals surface area contributed by atoms with E-state index in [2.05, 4.69) is 10.6 Å². The Bertz CT molecular complexity index is 1500. The first-order valence-corrected chi connectivity index (χ1v) is 14.3. The highest BCUT2D eigenvalue weighted by atomic mass is 35.5. The average Bonchev–Trinajstić information content (AvgIpc) is 3.39. The Hall–Kier alpha value is -3.92. The molecule has 1 aromatic carbocycles. The molecule has 41 heavy (non-hydrogen) atoms. The molecule has 9 nitrogen and oxygen atoms in total. The first-order chi connectivity index (χ1) is 19.6. The summed E-state index contributed by atoms with van der Waals surface area (Å²) in [5, 5.41) is 18.0. The van der Waals surface area contributed by atoms with Crippen LogP contribution in [0.25, 0.3) is 11.1 Å². The molecule has 1 fully saturated rings. The quantitative estimate of drug-likeness (QED) is 0.328. The van der Waals surface area contributed by atoms with Gasteiger partial charge in [0.25, 0.3) is 5.91 Å². The van der Waals surface area contributed by atoms with Gasteiger partial charge in [0.1, 0.15) is 17.6 Å². The lowest BCUT2D eigenvalue weighted by Crippen LogP contribution is -2.49. The number of carbonyl (C=O) groups is 3. The van der Waals surface area contributed by atoms with Gasteiger partial charge in [0.15, 0.2) is 11.9 Å². The minimum Gasteiger partial charge on any atom is -0.618 e. The third-order valence-electron chi connectivity index (χ3n) is 8.18. The van der Waals surface area contributed by atoms with E-state index in [0.717, 1.165) is 37.8 Å². The normalized spacial score (nSPS) is 16.1. The molecule has 3 heterocycles. The smallest absolute Gasteiger partial charge is 0.268 e. The lowest BCUT2D eigenvalue weighted by molar-refractivity contribution is -0.611. The van der Waals surface area contributed by atoms with E-state index in [1.165, 1.54) is 31.3 Å². The van der Waals surface area contributed by atoms with Crippen molar-refractivity contribution in [1.29, 1.82) is 0 Å². The number of hydrogen-bond donors (Lipinski definition) is 2. The van der Waals surface area contributed by atoms with Gasteiger partial charge in [-0.1, -0.05) is 30.9 Å². The van der Waals surface area contributed by atoms with Gasteiger partial charge in [0.05, 0.1) is 17.1 Å². The fourth-order valence-corrected chi connectivity index (χ4v) is 6.20. The summed E-state index contributed by atoms with van der Waals surface area (Å²) >= 11 is 6.27. The fourth-order valence-electron chi connectivity index (χ4n) is 5.90. The summed E-state index contributed by atoms with van der Waals surface area (Å²) in [6.07, 6.45) is 5.86. The fraction of sp³-hybridized carbons (Fsp3) is 0.400. The Morgan fingerprint density at radius 1 is 1.10 bits per heavy atom. The second-order valence-electron chi connectivity index (χ2n) is 10.8. The van der Waals surface area contributed by atoms with Crippen molar-refractivity contribution in [3.8, 4) is 11.1 Å². The summed E-state index contributed by atoms with van der Waals surface area (Å²) in [6, 6.07) is 8.38. The van der Waals surface area contributed by atoms with Crippen molar-refractivity contribution in [3.05, 3.63) is 75.7 Å². The van der Waals surface area contributed by atoms with Crippen LogP contribution in [0.1, 0.15) is 60.9 Å². The van der Waals surface area contributed by atoms with Crippen LogP contribution in [0, 0.1) is 23.9 Å². The number of fused-ring (bicyclic) bond motifs is 1. The van der Waals surface area contributed by atoms with Gasteiger partial charge in [0, 0.05) is 49.9 Å². The first-order valence-electron chi connectivity index (χ1n) is 13.9. The molecule has 2 aliphatic rings. The van der Waals surface area contributed by atoms with E-state index in [9.17, 15) is 19.6 Å². The number of halogens is 2. The van der Waals surface area contributed by atoms with Gasteiger partial charge in [-0.2, -0.15) is 4.73 Å². The molecule has 11 heteroatoms. The van der Waals surface area contributed by atoms with Gasteiger partial charge < -0.3 is 25.3 Å². The summed E-state index contributed by atoms with van der Waals surface area (Å²) in [7, 11) is 0. The zero-order valence-corrected chi connectivity index (χ0v) is 23.8. The number of benzene rings is 1. The Morgan fingerprint density at radius 3 is 2.56 bits per heavy atom. The minimum absolute atomic E-state index is 0.0157. The third-order valence-corrected chi connectivity index (χ3v) is 8.49. The molecular weight excluding hydrogens is 549 g/mol. The van der Waals surface area contributed by atoms with Crippen LogP contribution in [0.3, 0.4) is 0 Å². The number of rotatable bonds is 6. The Kier molecular flexibility index (Phi) is 8.30. The summed E-state index contributed by atoms with van der Waals surface area (Å²) < 4.78 is 17.8. The van der Waals surface area contributed by atoms with E-state index in [4.69, 9.17) is 11.6 Å². The maximum absolute atomic E-state index is 15.2. The second kappa shape index (κ2) is 11.9. The van der Waals surface area contributed by atoms with Crippen LogP contribution < -0.4 is 15.4 Å². The number of nitrogens with zero attached hydrogens (tertiary/aromatic N) is 3. The average molecular weight is 582 g/mol. The number of aromatic nitrogens is 2. The molecule has 1 aliphatic heterocycles. The highest BCUT2D eigenvalue weighted by molar-refractivity contribution is 6.33. The zero-order valence-electron chi connectivity index (χ0n) is 23.1. The maximum Gasteiger partial charge on any atom is 0.268 e. The first kappa shape index (κ1) is 28.6. The molecule has 216 valence electrons. The number of amides is 3. The predicted octanol–water partition coefficient (Wildman–Crippen LogP) is 4.57. The van der Waals surface area contributed by atoms with Crippen molar-refractivity contribution < 1.29 is 23.5 Å². The summed E-state index contributed by atoms with van der Waals surface area (Å²) in [4.78, 5) is 40.6. The zero-order chi connectivity index (χ0) is 29.3. The molecule has 0 spiro atoms. The molecule has 1 aliphatic carbocycles. The number of hydrogen-bond acceptors (Lipinski definition) is 4. The molecule has 0 bridgehead atoms. The van der Waals surface area contributed by atoms with Gasteiger partial charge >= 0.3 is 0 Å². The monoisotopic (exact) mass is 581 g/mol. The van der Waals surface area contributed by atoms with Crippen molar-refractivity contribution in [2.75, 3.05) is 11.9 Å². The van der Waals surface area contributed by atoms with E-state index >= 15 is 4.39 Å². The molecule has 1 unspecified atom stereocenters. The Balaban J connectivity index is 1.36. The molecule has 2 aromatic heterocycles. The Morgan fingerprint density at radius 2 is 1.85 bits per heavy atom. The van der Waals surface area contributed by atoms with E-state index in [1.807, 2.05) is 10.6 Å². The lowest BCUT2D eigenvalue weighted by Gasteiger charge is -2.31. The van der Waals surface area contributed by atoms with Gasteiger partial charge in [-0.15, -0.1) is 0 Å². The topological polar surface area (TPSA) is 110 Å². The minimum atomic E-state index is -0.806. The predicted molar refractivity (Wildman–Crippen MR) is 153 cm³/mol. The van der Waals surface area contributed by atoms with Crippen LogP contribution in [0.5, 0.6) is 0 Å². The van der Waals surface area contributed by atoms with Crippen molar-refractivity contribution in [2.45, 2.75) is 65.1 Å². The summed E-state index contributed by atoms with van der Waals surface area (Å²) in [5.41, 5.74) is 2.23. The van der Waals surface area contributed by atoms with Crippen molar-refractivity contribution in [1.82, 2.24) is 14.8 Å². The molecule has 3 aromatic rings. The van der Waals surface area contributed by atoms with Crippen molar-refractivity contribution in [2.24, 2.45) is 5.92 Å². The van der Waals surface area contributed by atoms with Crippen molar-refractivity contribution in [3.63, 3.8) is 0 Å². The molecule has 1 saturated carbocycles. The lowest BCUT2D eigenvalue weighted by atomic mass is 9.83. The summed E-state index contributed by atoms with van der Waals surface area (Å²) in [6.45, 7) is 4.52. The molecule has 0 radical (unpaired) electrons. The third kappa shape index (κ3) is 5.93. The van der Waals surface area contributed by atoms with Gasteiger partial charge in [0.2, 0.25) is 11.8 Å². The highest BCUT2D eigenvalue weighted by Crippen LogP contribution is 2.33. The van der Waals surface area contributed by atoms with Gasteiger partial charge in [-0.05, 0) is 49.1 Å². The molecule has 3 amide bonds. The number of anilines is 1. The molecular formula is C30H33ClFN5O4. The van der Waals surface area contributed by atoms with Crippen LogP contribution in [0.2, 0.25) is 5.02 Å². The Labute approximate surface area is 242 Å². The summed E-state index contributed by atoms with van der Waals surface area (Å²) in [5.74, 6) is -1.49. The van der Waals surface area contributed by atoms with Crippen molar-refractivity contribution >= 4 is 35.0 Å². The van der Waals surface area contributed by atoms with E-state index < -0.39 is 17.8 Å². The number of carbonyl (C=O) groups excluding carboxylic acids is 3. The largest absolute Gasteiger partial charge is 0.618 e. The van der Waals surface area contributed by atoms with Gasteiger partial charge in [-0.3, -0.25) is 14.4 Å².